The van der Waals surface area contributed by atoms with Crippen LogP contribution < -0.4 is 5.32 Å². The number of furan rings is 1. The number of nitrogens with one attached hydrogen (secondary N) is 1. The van der Waals surface area contributed by atoms with Crippen LogP contribution in [0, 0.1) is 5.92 Å². The average molecular weight is 248 g/mol. The predicted octanol–water partition coefficient (Wildman–Crippen LogP) is 1.67. The summed E-state index contributed by atoms with van der Waals surface area (Å²) < 4.78 is 5.58. The Labute approximate surface area is 107 Å². The first-order chi connectivity index (χ1) is 8.79. The topological polar surface area (TPSA) is 45.5 Å². The number of carbonyl (C=O) groups is 1. The molecule has 1 aromatic heterocycles. The number of fused-ring (bicyclic) bond motifs is 1. The maximum Gasteiger partial charge on any atom is 0.289 e. The number of piperidine rings is 1. The van der Waals surface area contributed by atoms with Gasteiger partial charge in [0, 0.05) is 32.1 Å². The molecule has 18 heavy (non-hydrogen) atoms. The third-order valence-electron chi connectivity index (χ3n) is 4.16. The molecular formula is C14H20N2O2. The van der Waals surface area contributed by atoms with Crippen LogP contribution in [0.3, 0.4) is 0 Å². The number of hydrogen-bond donors (Lipinski definition) is 1. The maximum absolute atomic E-state index is 12.5. The van der Waals surface area contributed by atoms with E-state index in [4.69, 9.17) is 4.42 Å². The van der Waals surface area contributed by atoms with Crippen molar-refractivity contribution in [3.05, 3.63) is 23.7 Å². The number of rotatable bonds is 2. The fourth-order valence-corrected chi connectivity index (χ4v) is 3.14. The summed E-state index contributed by atoms with van der Waals surface area (Å²) in [5.74, 6) is 2.08. The highest BCUT2D eigenvalue weighted by Crippen LogP contribution is 2.28. The van der Waals surface area contributed by atoms with E-state index < -0.39 is 0 Å². The first-order valence-electron chi connectivity index (χ1n) is 6.90. The number of hydrogen-bond acceptors (Lipinski definition) is 3. The first-order valence-corrected chi connectivity index (χ1v) is 6.90. The van der Waals surface area contributed by atoms with Crippen molar-refractivity contribution in [2.45, 2.75) is 32.2 Å². The van der Waals surface area contributed by atoms with Gasteiger partial charge >= 0.3 is 0 Å². The summed E-state index contributed by atoms with van der Waals surface area (Å²) in [5.41, 5.74) is 0. The second-order valence-corrected chi connectivity index (χ2v) is 5.25. The Hall–Kier alpha value is -1.29. The Morgan fingerprint density at radius 3 is 3.17 bits per heavy atom. The van der Waals surface area contributed by atoms with E-state index in [0.717, 1.165) is 38.2 Å². The second kappa shape index (κ2) is 4.76. The van der Waals surface area contributed by atoms with Crippen molar-refractivity contribution < 1.29 is 9.21 Å². The van der Waals surface area contributed by atoms with Crippen LogP contribution in [-0.2, 0) is 6.42 Å². The van der Waals surface area contributed by atoms with E-state index in [1.54, 1.807) is 0 Å². The normalized spacial score (nSPS) is 27.3. The average Bonchev–Trinajstić information content (AvgIpc) is 3.05. The Morgan fingerprint density at radius 1 is 1.50 bits per heavy atom. The lowest BCUT2D eigenvalue weighted by molar-refractivity contribution is 0.0541. The molecule has 0 aliphatic carbocycles. The smallest absolute Gasteiger partial charge is 0.289 e. The summed E-state index contributed by atoms with van der Waals surface area (Å²) in [6.45, 7) is 4.87. The van der Waals surface area contributed by atoms with Crippen LogP contribution in [0.1, 0.15) is 36.1 Å². The van der Waals surface area contributed by atoms with Crippen molar-refractivity contribution in [1.29, 1.82) is 0 Å². The van der Waals surface area contributed by atoms with Crippen molar-refractivity contribution in [2.75, 3.05) is 19.6 Å². The minimum Gasteiger partial charge on any atom is -0.456 e. The number of carbonyl (C=O) groups excluding carboxylic acids is 1. The van der Waals surface area contributed by atoms with Gasteiger partial charge in [-0.3, -0.25) is 4.79 Å². The molecule has 2 atom stereocenters. The van der Waals surface area contributed by atoms with Crippen molar-refractivity contribution in [3.8, 4) is 0 Å². The lowest BCUT2D eigenvalue weighted by Gasteiger charge is -2.36. The van der Waals surface area contributed by atoms with Gasteiger partial charge in [0.1, 0.15) is 5.76 Å². The summed E-state index contributed by atoms with van der Waals surface area (Å²) in [6, 6.07) is 4.08. The zero-order valence-corrected chi connectivity index (χ0v) is 10.8. The van der Waals surface area contributed by atoms with Gasteiger partial charge in [0.15, 0.2) is 5.76 Å². The number of likely N-dealkylation sites (tertiary alicyclic amines) is 1. The summed E-state index contributed by atoms with van der Waals surface area (Å²) in [6.07, 6.45) is 3.18. The second-order valence-electron chi connectivity index (χ2n) is 5.25. The standard InChI is InChI=1S/C14H20N2O2/c1-2-11-5-6-13(18-11)14(17)16-7-3-4-10-8-15-9-12(10)16/h5-6,10,12,15H,2-4,7-9H2,1H3. The molecule has 1 aromatic rings. The maximum atomic E-state index is 12.5. The molecule has 2 unspecified atom stereocenters. The lowest BCUT2D eigenvalue weighted by atomic mass is 9.92. The van der Waals surface area contributed by atoms with Gasteiger partial charge in [0.2, 0.25) is 0 Å². The Morgan fingerprint density at radius 2 is 2.39 bits per heavy atom. The minimum atomic E-state index is 0.0631. The highest BCUT2D eigenvalue weighted by molar-refractivity contribution is 5.92. The van der Waals surface area contributed by atoms with Crippen LogP contribution in [0.15, 0.2) is 16.5 Å². The Bertz CT molecular complexity index is 441. The Kier molecular flexibility index (Phi) is 3.12. The van der Waals surface area contributed by atoms with Gasteiger partial charge in [-0.15, -0.1) is 0 Å². The first kappa shape index (κ1) is 11.8. The van der Waals surface area contributed by atoms with Crippen molar-refractivity contribution in [3.63, 3.8) is 0 Å². The molecule has 0 spiro atoms. The van der Waals surface area contributed by atoms with E-state index in [-0.39, 0.29) is 5.91 Å². The summed E-state index contributed by atoms with van der Waals surface area (Å²) in [5, 5.41) is 3.39. The fourth-order valence-electron chi connectivity index (χ4n) is 3.14. The van der Waals surface area contributed by atoms with E-state index >= 15 is 0 Å². The van der Waals surface area contributed by atoms with E-state index in [0.29, 0.717) is 17.7 Å². The molecule has 3 heterocycles. The van der Waals surface area contributed by atoms with Crippen molar-refractivity contribution >= 4 is 5.91 Å². The SMILES string of the molecule is CCc1ccc(C(=O)N2CCCC3CNCC32)o1. The summed E-state index contributed by atoms with van der Waals surface area (Å²) in [4.78, 5) is 14.5. The quantitative estimate of drug-likeness (QED) is 0.866. The molecule has 3 rings (SSSR count). The third kappa shape index (κ3) is 1.94. The van der Waals surface area contributed by atoms with Gasteiger partial charge in [0.25, 0.3) is 5.91 Å². The molecule has 0 bridgehead atoms. The minimum absolute atomic E-state index is 0.0631. The molecule has 0 aromatic carbocycles. The third-order valence-corrected chi connectivity index (χ3v) is 4.16. The molecule has 2 fully saturated rings. The number of aryl methyl sites for hydroxylation is 1. The van der Waals surface area contributed by atoms with Gasteiger partial charge in [0.05, 0.1) is 0 Å². The van der Waals surface area contributed by atoms with Crippen LogP contribution >= 0.6 is 0 Å². The molecule has 2 aliphatic heterocycles. The molecule has 4 heteroatoms. The highest BCUT2D eigenvalue weighted by Gasteiger charge is 2.38. The van der Waals surface area contributed by atoms with E-state index in [1.807, 2.05) is 24.0 Å². The van der Waals surface area contributed by atoms with Crippen molar-refractivity contribution in [2.24, 2.45) is 5.92 Å². The lowest BCUT2D eigenvalue weighted by Crippen LogP contribution is -2.48. The monoisotopic (exact) mass is 248 g/mol. The van der Waals surface area contributed by atoms with Gasteiger partial charge in [-0.2, -0.15) is 0 Å². The van der Waals surface area contributed by atoms with Gasteiger partial charge < -0.3 is 14.6 Å². The van der Waals surface area contributed by atoms with Gasteiger partial charge in [-0.1, -0.05) is 6.92 Å². The zero-order chi connectivity index (χ0) is 12.5. The zero-order valence-electron chi connectivity index (χ0n) is 10.8. The molecule has 1 amide bonds. The molecule has 98 valence electrons. The van der Waals surface area contributed by atoms with Crippen LogP contribution in [0.5, 0.6) is 0 Å². The summed E-state index contributed by atoms with van der Waals surface area (Å²) >= 11 is 0. The van der Waals surface area contributed by atoms with E-state index in [2.05, 4.69) is 5.32 Å². The predicted molar refractivity (Wildman–Crippen MR) is 68.5 cm³/mol. The van der Waals surface area contributed by atoms with Crippen LogP contribution in [0.4, 0.5) is 0 Å². The van der Waals surface area contributed by atoms with Crippen LogP contribution in [0.25, 0.3) is 0 Å². The fraction of sp³-hybridized carbons (Fsp3) is 0.643. The summed E-state index contributed by atoms with van der Waals surface area (Å²) in [7, 11) is 0. The largest absolute Gasteiger partial charge is 0.456 e. The Balaban J connectivity index is 1.78. The number of nitrogens with zero attached hydrogens (tertiary/aromatic N) is 1. The molecule has 0 radical (unpaired) electrons. The molecule has 1 N–H and O–H groups in total. The molecule has 0 saturated carbocycles. The molecule has 2 saturated heterocycles. The molecule has 2 aliphatic rings. The van der Waals surface area contributed by atoms with Crippen molar-refractivity contribution in [1.82, 2.24) is 10.2 Å². The van der Waals surface area contributed by atoms with E-state index in [1.165, 1.54) is 6.42 Å². The number of amides is 1. The van der Waals surface area contributed by atoms with Gasteiger partial charge in [-0.25, -0.2) is 0 Å². The molecule has 4 nitrogen and oxygen atoms in total. The van der Waals surface area contributed by atoms with Gasteiger partial charge in [-0.05, 0) is 30.9 Å². The van der Waals surface area contributed by atoms with Crippen LogP contribution in [0.2, 0.25) is 0 Å². The molecular weight excluding hydrogens is 228 g/mol. The van der Waals surface area contributed by atoms with Crippen LogP contribution in [-0.4, -0.2) is 36.5 Å². The van der Waals surface area contributed by atoms with E-state index in [9.17, 15) is 4.79 Å². The highest BCUT2D eigenvalue weighted by atomic mass is 16.4.